The molecule has 220 valence electrons. The van der Waals surface area contributed by atoms with Crippen LogP contribution in [-0.2, 0) is 33.0 Å². The first-order valence-electron chi connectivity index (χ1n) is 14.8. The third-order valence-electron chi connectivity index (χ3n) is 8.45. The van der Waals surface area contributed by atoms with E-state index >= 15 is 0 Å². The number of nitrogens with zero attached hydrogens (tertiary/aromatic N) is 2. The molecule has 0 saturated carbocycles. The van der Waals surface area contributed by atoms with Crippen molar-refractivity contribution in [3.05, 3.63) is 142 Å². The van der Waals surface area contributed by atoms with E-state index in [0.29, 0.717) is 31.5 Å². The zero-order valence-electron chi connectivity index (χ0n) is 24.5. The van der Waals surface area contributed by atoms with E-state index in [-0.39, 0.29) is 17.9 Å². The minimum Gasteiger partial charge on any atom is -0.453 e. The van der Waals surface area contributed by atoms with Crippen LogP contribution >= 0.6 is 0 Å². The molecule has 3 atom stereocenters. The summed E-state index contributed by atoms with van der Waals surface area (Å²) in [5.74, 6) is -2.30. The molecule has 0 N–H and O–H groups in total. The van der Waals surface area contributed by atoms with E-state index in [0.717, 1.165) is 11.3 Å². The number of nitro benzene ring substituents is 1. The Kier molecular flexibility index (Phi) is 9.00. The lowest BCUT2D eigenvalue weighted by molar-refractivity contribution is -0.384. The summed E-state index contributed by atoms with van der Waals surface area (Å²) in [4.78, 5) is 40.6. The zero-order chi connectivity index (χ0) is 30.4. The average molecular weight is 577 g/mol. The van der Waals surface area contributed by atoms with Gasteiger partial charge in [-0.25, -0.2) is 0 Å². The molecule has 1 heterocycles. The maximum absolute atomic E-state index is 13.8. The summed E-state index contributed by atoms with van der Waals surface area (Å²) in [6.07, 6.45) is 0.951. The van der Waals surface area contributed by atoms with Crippen molar-refractivity contribution in [3.63, 3.8) is 0 Å². The predicted molar refractivity (Wildman–Crippen MR) is 167 cm³/mol. The number of nitro groups is 1. The first-order valence-corrected chi connectivity index (χ1v) is 14.8. The molecule has 7 nitrogen and oxygen atoms in total. The number of ether oxygens (including phenoxy) is 1. The summed E-state index contributed by atoms with van der Waals surface area (Å²) in [6, 6.07) is 34.7. The number of cyclic esters (lactones) is 1. The Morgan fingerprint density at radius 2 is 1.49 bits per heavy atom. The van der Waals surface area contributed by atoms with Crippen LogP contribution in [0.25, 0.3) is 0 Å². The van der Waals surface area contributed by atoms with Crippen molar-refractivity contribution < 1.29 is 19.2 Å². The highest BCUT2D eigenvalue weighted by molar-refractivity contribution is 6.02. The van der Waals surface area contributed by atoms with Gasteiger partial charge in [0.2, 0.25) is 0 Å². The largest absolute Gasteiger partial charge is 0.453 e. The lowest BCUT2D eigenvalue weighted by atomic mass is 9.74. The summed E-state index contributed by atoms with van der Waals surface area (Å²) in [7, 11) is 0. The number of benzene rings is 4. The molecule has 0 aliphatic carbocycles. The summed E-state index contributed by atoms with van der Waals surface area (Å²) >= 11 is 0. The zero-order valence-corrected chi connectivity index (χ0v) is 24.5. The second-order valence-electron chi connectivity index (χ2n) is 11.1. The Morgan fingerprint density at radius 3 is 2.05 bits per heavy atom. The fourth-order valence-electron chi connectivity index (χ4n) is 6.13. The summed E-state index contributed by atoms with van der Waals surface area (Å²) in [6.45, 7) is 5.17. The van der Waals surface area contributed by atoms with Crippen LogP contribution in [0.3, 0.4) is 0 Å². The van der Waals surface area contributed by atoms with Gasteiger partial charge in [0.05, 0.1) is 11.3 Å². The first-order chi connectivity index (χ1) is 20.8. The van der Waals surface area contributed by atoms with Crippen LogP contribution in [0.15, 0.2) is 109 Å². The number of non-ortho nitro benzene ring substituents is 1. The first kappa shape index (κ1) is 29.7. The van der Waals surface area contributed by atoms with Gasteiger partial charge in [0, 0.05) is 36.8 Å². The highest BCUT2D eigenvalue weighted by atomic mass is 16.6. The van der Waals surface area contributed by atoms with Crippen molar-refractivity contribution in [1.29, 1.82) is 0 Å². The number of hydrogen-bond donors (Lipinski definition) is 0. The van der Waals surface area contributed by atoms with Crippen LogP contribution in [0.1, 0.15) is 61.3 Å². The standard InChI is InChI=1S/C36H36N2O5/c1-3-32(28-17-11-20-31(21-28)38(41)42)34-33(39)23-36(4-2,43-35(34)40)29-18-12-19-30(22-29)37(24-26-13-7-5-8-14-26)25-27-15-9-6-10-16-27/h5-22,32,34H,3-4,23-25H2,1-2H3. The monoisotopic (exact) mass is 576 g/mol. The van der Waals surface area contributed by atoms with Crippen LogP contribution in [-0.4, -0.2) is 16.7 Å². The van der Waals surface area contributed by atoms with E-state index in [1.165, 1.54) is 23.3 Å². The number of anilines is 1. The minimum atomic E-state index is -1.09. The van der Waals surface area contributed by atoms with E-state index < -0.39 is 28.3 Å². The lowest BCUT2D eigenvalue weighted by Gasteiger charge is -2.40. The Hall–Kier alpha value is -4.78. The van der Waals surface area contributed by atoms with Crippen LogP contribution < -0.4 is 4.90 Å². The highest BCUT2D eigenvalue weighted by Gasteiger charge is 2.49. The van der Waals surface area contributed by atoms with Gasteiger partial charge in [0.15, 0.2) is 5.78 Å². The fourth-order valence-corrected chi connectivity index (χ4v) is 6.13. The number of carbonyl (C=O) groups is 2. The molecular formula is C36H36N2O5. The van der Waals surface area contributed by atoms with Gasteiger partial charge in [-0.2, -0.15) is 0 Å². The maximum atomic E-state index is 13.8. The van der Waals surface area contributed by atoms with Gasteiger partial charge in [0.25, 0.3) is 5.69 Å². The van der Waals surface area contributed by atoms with Gasteiger partial charge in [-0.3, -0.25) is 19.7 Å². The van der Waals surface area contributed by atoms with Crippen molar-refractivity contribution in [2.75, 3.05) is 4.90 Å². The SMILES string of the molecule is CCC(c1cccc([N+](=O)[O-])c1)C1C(=O)CC(CC)(c2cccc(N(Cc3ccccc3)Cc3ccccc3)c2)OC1=O. The molecule has 1 aliphatic rings. The lowest BCUT2D eigenvalue weighted by Crippen LogP contribution is -2.47. The van der Waals surface area contributed by atoms with Crippen molar-refractivity contribution in [2.45, 2.75) is 57.7 Å². The number of Topliss-reactive ketones (excluding diaryl/α,β-unsaturated/α-hetero) is 1. The topological polar surface area (TPSA) is 89.8 Å². The molecule has 4 aromatic carbocycles. The van der Waals surface area contributed by atoms with Gasteiger partial charge in [-0.05, 0) is 47.2 Å². The molecule has 43 heavy (non-hydrogen) atoms. The normalized spacial score (nSPS) is 19.0. The number of rotatable bonds is 11. The van der Waals surface area contributed by atoms with Gasteiger partial charge in [0.1, 0.15) is 11.5 Å². The summed E-state index contributed by atoms with van der Waals surface area (Å²) in [5.41, 5.74) is 3.52. The average Bonchev–Trinajstić information content (AvgIpc) is 3.03. The second kappa shape index (κ2) is 13.0. The van der Waals surface area contributed by atoms with Crippen LogP contribution in [0, 0.1) is 16.0 Å². The van der Waals surface area contributed by atoms with Crippen LogP contribution in [0.2, 0.25) is 0 Å². The molecule has 5 rings (SSSR count). The Balaban J connectivity index is 1.45. The molecule has 1 fully saturated rings. The number of hydrogen-bond acceptors (Lipinski definition) is 6. The molecule has 1 saturated heterocycles. The molecule has 0 radical (unpaired) electrons. The minimum absolute atomic E-state index is 0.0478. The quantitative estimate of drug-likeness (QED) is 0.0785. The van der Waals surface area contributed by atoms with Crippen molar-refractivity contribution >= 4 is 23.1 Å². The van der Waals surface area contributed by atoms with Gasteiger partial charge in [-0.15, -0.1) is 0 Å². The third kappa shape index (κ3) is 6.51. The van der Waals surface area contributed by atoms with E-state index in [9.17, 15) is 19.7 Å². The molecule has 1 aliphatic heterocycles. The molecular weight excluding hydrogens is 540 g/mol. The maximum Gasteiger partial charge on any atom is 0.318 e. The molecule has 3 unspecified atom stereocenters. The molecule has 0 amide bonds. The Bertz CT molecular complexity index is 1530. The highest BCUT2D eigenvalue weighted by Crippen LogP contribution is 2.44. The van der Waals surface area contributed by atoms with Crippen LogP contribution in [0.4, 0.5) is 11.4 Å². The predicted octanol–water partition coefficient (Wildman–Crippen LogP) is 7.73. The fraction of sp³-hybridized carbons (Fsp3) is 0.278. The van der Waals surface area contributed by atoms with Gasteiger partial charge >= 0.3 is 5.97 Å². The van der Waals surface area contributed by atoms with E-state index in [1.54, 1.807) is 12.1 Å². The number of esters is 1. The van der Waals surface area contributed by atoms with Gasteiger partial charge < -0.3 is 9.64 Å². The third-order valence-corrected chi connectivity index (χ3v) is 8.45. The van der Waals surface area contributed by atoms with Crippen molar-refractivity contribution in [2.24, 2.45) is 5.92 Å². The molecule has 0 bridgehead atoms. The second-order valence-corrected chi connectivity index (χ2v) is 11.1. The van der Waals surface area contributed by atoms with E-state index in [4.69, 9.17) is 4.74 Å². The molecule has 4 aromatic rings. The smallest absolute Gasteiger partial charge is 0.318 e. The Morgan fingerprint density at radius 1 is 0.860 bits per heavy atom. The number of ketones is 1. The van der Waals surface area contributed by atoms with Gasteiger partial charge in [-0.1, -0.05) is 98.8 Å². The molecule has 0 spiro atoms. The van der Waals surface area contributed by atoms with E-state index in [1.807, 2.05) is 74.5 Å². The van der Waals surface area contributed by atoms with Crippen molar-refractivity contribution in [3.8, 4) is 0 Å². The van der Waals surface area contributed by atoms with E-state index in [2.05, 4.69) is 29.2 Å². The summed E-state index contributed by atoms with van der Waals surface area (Å²) in [5, 5.41) is 11.4. The van der Waals surface area contributed by atoms with Crippen molar-refractivity contribution in [1.82, 2.24) is 0 Å². The Labute approximate surface area is 252 Å². The van der Waals surface area contributed by atoms with Crippen LogP contribution in [0.5, 0.6) is 0 Å². The molecule has 0 aromatic heterocycles. The molecule has 7 heteroatoms. The number of carbonyl (C=O) groups excluding carboxylic acids is 2. The summed E-state index contributed by atoms with van der Waals surface area (Å²) < 4.78 is 6.23.